The van der Waals surface area contributed by atoms with E-state index in [4.69, 9.17) is 9.15 Å². The Hall–Kier alpha value is -3.36. The number of nitrogens with zero attached hydrogens (tertiary/aromatic N) is 1. The largest absolute Gasteiger partial charge is 0.496 e. The molecule has 0 unspecified atom stereocenters. The summed E-state index contributed by atoms with van der Waals surface area (Å²) in [6.07, 6.45) is 0.499. The number of rotatable bonds is 7. The average molecular weight is 453 g/mol. The number of carbonyl (C=O) groups excluding carboxylic acids is 1. The van der Waals surface area contributed by atoms with Gasteiger partial charge in [-0.1, -0.05) is 18.2 Å². The van der Waals surface area contributed by atoms with Crippen LogP contribution in [0.2, 0.25) is 0 Å². The monoisotopic (exact) mass is 452 g/mol. The molecule has 3 aromatic carbocycles. The maximum absolute atomic E-state index is 12.6. The number of hydrogen-bond donors (Lipinski definition) is 1. The summed E-state index contributed by atoms with van der Waals surface area (Å²) in [4.78, 5) is 12.7. The lowest BCUT2D eigenvalue weighted by molar-refractivity contribution is -0.116. The number of sulfonamides is 1. The van der Waals surface area contributed by atoms with Crippen LogP contribution < -0.4 is 10.1 Å². The summed E-state index contributed by atoms with van der Waals surface area (Å²) in [5, 5.41) is 4.90. The molecule has 0 atom stereocenters. The van der Waals surface area contributed by atoms with Crippen LogP contribution in [0, 0.1) is 0 Å². The number of para-hydroxylation sites is 1. The van der Waals surface area contributed by atoms with E-state index in [-0.39, 0.29) is 17.2 Å². The number of fused-ring (bicyclic) bond motifs is 3. The molecular weight excluding hydrogens is 428 g/mol. The Kier molecular flexibility index (Phi) is 5.90. The van der Waals surface area contributed by atoms with E-state index in [1.165, 1.54) is 27.3 Å². The van der Waals surface area contributed by atoms with E-state index in [1.807, 2.05) is 36.4 Å². The van der Waals surface area contributed by atoms with E-state index in [0.29, 0.717) is 29.0 Å². The van der Waals surface area contributed by atoms with Gasteiger partial charge in [-0.05, 0) is 48.4 Å². The quantitative estimate of drug-likeness (QED) is 0.449. The normalized spacial score (nSPS) is 11.9. The van der Waals surface area contributed by atoms with Crippen LogP contribution in [0.25, 0.3) is 21.9 Å². The Morgan fingerprint density at radius 3 is 2.50 bits per heavy atom. The summed E-state index contributed by atoms with van der Waals surface area (Å²) in [5.74, 6) is 0.350. The van der Waals surface area contributed by atoms with Crippen molar-refractivity contribution in [1.29, 1.82) is 0 Å². The summed E-state index contributed by atoms with van der Waals surface area (Å²) in [5.41, 5.74) is 2.79. The van der Waals surface area contributed by atoms with Crippen LogP contribution in [0.1, 0.15) is 12.0 Å². The molecule has 0 aliphatic carbocycles. The molecule has 1 aromatic heterocycles. The third-order valence-corrected chi connectivity index (χ3v) is 7.13. The smallest absolute Gasteiger partial charge is 0.242 e. The van der Waals surface area contributed by atoms with Gasteiger partial charge in [-0.15, -0.1) is 0 Å². The number of hydrogen-bond acceptors (Lipinski definition) is 5. The highest BCUT2D eigenvalue weighted by molar-refractivity contribution is 7.89. The van der Waals surface area contributed by atoms with Crippen molar-refractivity contribution in [2.75, 3.05) is 26.5 Å². The number of furan rings is 1. The van der Waals surface area contributed by atoms with Crippen molar-refractivity contribution < 1.29 is 22.4 Å². The van der Waals surface area contributed by atoms with E-state index < -0.39 is 10.0 Å². The van der Waals surface area contributed by atoms with E-state index in [2.05, 4.69) is 5.32 Å². The number of methoxy groups -OCH3 is 1. The number of amides is 1. The fourth-order valence-electron chi connectivity index (χ4n) is 3.60. The first kappa shape index (κ1) is 21.9. The number of benzene rings is 3. The maximum Gasteiger partial charge on any atom is 0.242 e. The van der Waals surface area contributed by atoms with Crippen LogP contribution in [0.3, 0.4) is 0 Å². The molecule has 4 rings (SSSR count). The summed E-state index contributed by atoms with van der Waals surface area (Å²) < 4.78 is 37.2. The second kappa shape index (κ2) is 8.64. The fourth-order valence-corrected chi connectivity index (χ4v) is 4.55. The van der Waals surface area contributed by atoms with Crippen molar-refractivity contribution in [2.45, 2.75) is 17.7 Å². The first-order valence-electron chi connectivity index (χ1n) is 10.1. The van der Waals surface area contributed by atoms with Crippen LogP contribution in [-0.4, -0.2) is 39.8 Å². The number of anilines is 1. The average Bonchev–Trinajstić information content (AvgIpc) is 3.15. The Labute approximate surface area is 186 Å². The van der Waals surface area contributed by atoms with Crippen LogP contribution in [0.15, 0.2) is 70.0 Å². The zero-order valence-electron chi connectivity index (χ0n) is 18.1. The molecule has 0 radical (unpaired) electrons. The molecule has 0 saturated heterocycles. The zero-order valence-corrected chi connectivity index (χ0v) is 18.9. The lowest BCUT2D eigenvalue weighted by Gasteiger charge is -2.14. The van der Waals surface area contributed by atoms with Gasteiger partial charge in [0.1, 0.15) is 16.9 Å². The molecule has 0 fully saturated rings. The minimum Gasteiger partial charge on any atom is -0.496 e. The maximum atomic E-state index is 12.6. The first-order chi connectivity index (χ1) is 15.3. The molecule has 1 heterocycles. The Bertz CT molecular complexity index is 1410. The lowest BCUT2D eigenvalue weighted by atomic mass is 10.1. The van der Waals surface area contributed by atoms with Crippen molar-refractivity contribution in [2.24, 2.45) is 0 Å². The Morgan fingerprint density at radius 2 is 1.75 bits per heavy atom. The van der Waals surface area contributed by atoms with Gasteiger partial charge in [0.05, 0.1) is 12.0 Å². The molecule has 0 aliphatic heterocycles. The van der Waals surface area contributed by atoms with Crippen LogP contribution in [0.4, 0.5) is 5.69 Å². The second-order valence-electron chi connectivity index (χ2n) is 7.62. The molecule has 1 N–H and O–H groups in total. The summed E-state index contributed by atoms with van der Waals surface area (Å²) in [6.45, 7) is 0. The molecule has 0 spiro atoms. The number of carbonyl (C=O) groups is 1. The molecule has 1 amide bonds. The van der Waals surface area contributed by atoms with E-state index >= 15 is 0 Å². The number of aryl methyl sites for hydroxylation is 1. The van der Waals surface area contributed by atoms with Crippen LogP contribution in [-0.2, 0) is 21.2 Å². The van der Waals surface area contributed by atoms with Gasteiger partial charge in [0.25, 0.3) is 0 Å². The first-order valence-corrected chi connectivity index (χ1v) is 11.5. The summed E-state index contributed by atoms with van der Waals surface area (Å²) in [6, 6.07) is 18.0. The van der Waals surface area contributed by atoms with Gasteiger partial charge in [0.15, 0.2) is 0 Å². The van der Waals surface area contributed by atoms with Crippen LogP contribution in [0.5, 0.6) is 5.75 Å². The van der Waals surface area contributed by atoms with Crippen molar-refractivity contribution in [3.8, 4) is 5.75 Å². The highest BCUT2D eigenvalue weighted by atomic mass is 32.2. The highest BCUT2D eigenvalue weighted by Crippen LogP contribution is 2.30. The summed E-state index contributed by atoms with van der Waals surface area (Å²) >= 11 is 0. The SMILES string of the molecule is COc1ccc(S(=O)(=O)N(C)C)cc1CCC(=O)Nc1ccc2c(c1)oc1ccccc12. The molecule has 8 heteroatoms. The third kappa shape index (κ3) is 4.19. The third-order valence-electron chi connectivity index (χ3n) is 5.31. The predicted octanol–water partition coefficient (Wildman–Crippen LogP) is 4.42. The molecular formula is C24H24N2O5S. The standard InChI is InChI=1S/C24H24N2O5S/c1-26(2)32(28,29)18-10-12-21(30-3)16(14-18)8-13-24(27)25-17-9-11-20-19-6-4-5-7-22(19)31-23(20)15-17/h4-7,9-12,14-15H,8,13H2,1-3H3,(H,25,27). The van der Waals surface area contributed by atoms with Crippen molar-refractivity contribution >= 4 is 43.6 Å². The topological polar surface area (TPSA) is 88.9 Å². The predicted molar refractivity (Wildman–Crippen MR) is 125 cm³/mol. The Morgan fingerprint density at radius 1 is 1.00 bits per heavy atom. The molecule has 166 valence electrons. The molecule has 32 heavy (non-hydrogen) atoms. The molecule has 4 aromatic rings. The van der Waals surface area contributed by atoms with Gasteiger partial charge >= 0.3 is 0 Å². The van der Waals surface area contributed by atoms with E-state index in [9.17, 15) is 13.2 Å². The number of ether oxygens (including phenoxy) is 1. The molecule has 0 bridgehead atoms. The van der Waals surface area contributed by atoms with Gasteiger partial charge < -0.3 is 14.5 Å². The van der Waals surface area contributed by atoms with Crippen molar-refractivity contribution in [3.05, 3.63) is 66.2 Å². The molecule has 0 saturated carbocycles. The van der Waals surface area contributed by atoms with E-state index in [0.717, 1.165) is 20.7 Å². The zero-order chi connectivity index (χ0) is 22.9. The van der Waals surface area contributed by atoms with Gasteiger partial charge in [-0.3, -0.25) is 4.79 Å². The van der Waals surface area contributed by atoms with Gasteiger partial charge in [-0.2, -0.15) is 0 Å². The highest BCUT2D eigenvalue weighted by Gasteiger charge is 2.19. The van der Waals surface area contributed by atoms with Gasteiger partial charge in [-0.25, -0.2) is 12.7 Å². The minimum atomic E-state index is -3.58. The van der Waals surface area contributed by atoms with Crippen molar-refractivity contribution in [3.63, 3.8) is 0 Å². The molecule has 7 nitrogen and oxygen atoms in total. The minimum absolute atomic E-state index is 0.161. The van der Waals surface area contributed by atoms with Crippen LogP contribution >= 0.6 is 0 Å². The fraction of sp³-hybridized carbons (Fsp3) is 0.208. The number of nitrogens with one attached hydrogen (secondary N) is 1. The van der Waals surface area contributed by atoms with E-state index in [1.54, 1.807) is 18.2 Å². The second-order valence-corrected chi connectivity index (χ2v) is 9.77. The Balaban J connectivity index is 1.49. The van der Waals surface area contributed by atoms with Gasteiger partial charge in [0.2, 0.25) is 15.9 Å². The lowest BCUT2D eigenvalue weighted by Crippen LogP contribution is -2.22. The summed E-state index contributed by atoms with van der Waals surface area (Å²) in [7, 11) is 0.894. The molecule has 0 aliphatic rings. The van der Waals surface area contributed by atoms with Gasteiger partial charge in [0, 0.05) is 43.0 Å². The van der Waals surface area contributed by atoms with Crippen molar-refractivity contribution in [1.82, 2.24) is 4.31 Å².